The van der Waals surface area contributed by atoms with Crippen molar-refractivity contribution in [1.82, 2.24) is 15.2 Å². The first-order chi connectivity index (χ1) is 10.6. The molecular weight excluding hydrogens is 282 g/mol. The van der Waals surface area contributed by atoms with Gasteiger partial charge in [-0.15, -0.1) is 0 Å². The van der Waals surface area contributed by atoms with Gasteiger partial charge >= 0.3 is 11.8 Å². The van der Waals surface area contributed by atoms with E-state index >= 15 is 0 Å². The van der Waals surface area contributed by atoms with E-state index in [2.05, 4.69) is 10.6 Å². The summed E-state index contributed by atoms with van der Waals surface area (Å²) in [6.07, 6.45) is 5.78. The third-order valence-electron chi connectivity index (χ3n) is 4.25. The molecule has 6 heteroatoms. The maximum absolute atomic E-state index is 11.9. The molecule has 2 N–H and O–H groups in total. The van der Waals surface area contributed by atoms with Gasteiger partial charge in [0, 0.05) is 19.6 Å². The quantitative estimate of drug-likeness (QED) is 0.913. The van der Waals surface area contributed by atoms with E-state index in [0.29, 0.717) is 18.2 Å². The molecule has 1 aromatic carbocycles. The van der Waals surface area contributed by atoms with Crippen LogP contribution in [0.25, 0.3) is 11.1 Å². The van der Waals surface area contributed by atoms with Gasteiger partial charge in [0.05, 0.1) is 5.52 Å². The molecule has 1 fully saturated rings. The minimum Gasteiger partial charge on any atom is -0.408 e. The first-order valence-electron chi connectivity index (χ1n) is 7.76. The summed E-state index contributed by atoms with van der Waals surface area (Å²) in [5.74, 6) is -0.379. The zero-order valence-corrected chi connectivity index (χ0v) is 12.7. The van der Waals surface area contributed by atoms with Gasteiger partial charge in [0.25, 0.3) is 0 Å². The summed E-state index contributed by atoms with van der Waals surface area (Å²) < 4.78 is 6.55. The molecule has 3 rings (SSSR count). The minimum absolute atomic E-state index is 0.131. The number of fused-ring (bicyclic) bond motifs is 1. The number of aryl methyl sites for hydroxylation is 1. The second-order valence-electron chi connectivity index (χ2n) is 5.89. The number of benzene rings is 1. The topological polar surface area (TPSA) is 76.3 Å². The van der Waals surface area contributed by atoms with Crippen LogP contribution in [-0.2, 0) is 13.6 Å². The third kappa shape index (κ3) is 3.16. The number of urea groups is 1. The molecule has 2 aromatic rings. The maximum atomic E-state index is 11.9. The van der Waals surface area contributed by atoms with Gasteiger partial charge in [0.1, 0.15) is 0 Å². The molecule has 6 nitrogen and oxygen atoms in total. The lowest BCUT2D eigenvalue weighted by Crippen LogP contribution is -2.42. The zero-order valence-electron chi connectivity index (χ0n) is 12.7. The van der Waals surface area contributed by atoms with Crippen molar-refractivity contribution in [3.05, 3.63) is 34.3 Å². The van der Waals surface area contributed by atoms with Gasteiger partial charge in [0.15, 0.2) is 5.58 Å². The Balaban J connectivity index is 1.59. The number of aromatic nitrogens is 1. The van der Waals surface area contributed by atoms with E-state index in [9.17, 15) is 9.59 Å². The molecule has 1 aliphatic carbocycles. The van der Waals surface area contributed by atoms with E-state index in [1.54, 1.807) is 13.1 Å². The Bertz CT molecular complexity index is 726. The monoisotopic (exact) mass is 303 g/mol. The molecule has 118 valence electrons. The largest absolute Gasteiger partial charge is 0.419 e. The summed E-state index contributed by atoms with van der Waals surface area (Å²) >= 11 is 0. The third-order valence-corrected chi connectivity index (χ3v) is 4.25. The van der Waals surface area contributed by atoms with Crippen LogP contribution in [0.1, 0.15) is 37.7 Å². The van der Waals surface area contributed by atoms with E-state index in [1.807, 2.05) is 12.1 Å². The molecular formula is C16H21N3O3. The highest BCUT2D eigenvalue weighted by atomic mass is 16.4. The Kier molecular flexibility index (Phi) is 4.18. The minimum atomic E-state index is -0.379. The van der Waals surface area contributed by atoms with Crippen LogP contribution in [-0.4, -0.2) is 16.6 Å². The maximum Gasteiger partial charge on any atom is 0.419 e. The lowest BCUT2D eigenvalue weighted by molar-refractivity contribution is 0.232. The molecule has 0 atom stereocenters. The number of nitrogens with zero attached hydrogens (tertiary/aromatic N) is 1. The molecule has 1 aliphatic rings. The van der Waals surface area contributed by atoms with E-state index in [-0.39, 0.29) is 11.8 Å². The fourth-order valence-corrected chi connectivity index (χ4v) is 2.95. The van der Waals surface area contributed by atoms with Crippen molar-refractivity contribution in [1.29, 1.82) is 0 Å². The number of carbonyl (C=O) groups excluding carboxylic acids is 1. The van der Waals surface area contributed by atoms with Gasteiger partial charge in [-0.3, -0.25) is 4.57 Å². The van der Waals surface area contributed by atoms with Gasteiger partial charge in [-0.2, -0.15) is 0 Å². The molecule has 0 spiro atoms. The fraction of sp³-hybridized carbons (Fsp3) is 0.500. The molecule has 0 unspecified atom stereocenters. The van der Waals surface area contributed by atoms with Crippen molar-refractivity contribution in [2.75, 3.05) is 0 Å². The van der Waals surface area contributed by atoms with E-state index < -0.39 is 0 Å². The van der Waals surface area contributed by atoms with Crippen molar-refractivity contribution < 1.29 is 9.21 Å². The first-order valence-corrected chi connectivity index (χ1v) is 7.76. The number of oxazole rings is 1. The van der Waals surface area contributed by atoms with Crippen LogP contribution < -0.4 is 16.4 Å². The van der Waals surface area contributed by atoms with Crippen molar-refractivity contribution in [3.8, 4) is 0 Å². The predicted molar refractivity (Wildman–Crippen MR) is 83.7 cm³/mol. The lowest BCUT2D eigenvalue weighted by atomic mass is 9.96. The van der Waals surface area contributed by atoms with Gasteiger partial charge in [-0.1, -0.05) is 25.3 Å². The number of carbonyl (C=O) groups is 1. The highest BCUT2D eigenvalue weighted by Gasteiger charge is 2.15. The number of nitrogens with one attached hydrogen (secondary N) is 2. The van der Waals surface area contributed by atoms with E-state index in [1.165, 1.54) is 23.8 Å². The highest BCUT2D eigenvalue weighted by molar-refractivity contribution is 5.75. The summed E-state index contributed by atoms with van der Waals surface area (Å²) in [6.45, 7) is 0.424. The van der Waals surface area contributed by atoms with Crippen LogP contribution in [0.15, 0.2) is 27.4 Å². The summed E-state index contributed by atoms with van der Waals surface area (Å²) in [7, 11) is 1.67. The average molecular weight is 303 g/mol. The van der Waals surface area contributed by atoms with Gasteiger partial charge in [-0.25, -0.2) is 9.59 Å². The molecule has 1 aromatic heterocycles. The fourth-order valence-electron chi connectivity index (χ4n) is 2.95. The van der Waals surface area contributed by atoms with Crippen molar-refractivity contribution in [2.24, 2.45) is 7.05 Å². The van der Waals surface area contributed by atoms with Crippen molar-refractivity contribution in [3.63, 3.8) is 0 Å². The van der Waals surface area contributed by atoms with Gasteiger partial charge < -0.3 is 15.1 Å². The first kappa shape index (κ1) is 14.7. The molecule has 0 bridgehead atoms. The Labute approximate surface area is 128 Å². The zero-order chi connectivity index (χ0) is 15.5. The average Bonchev–Trinajstić information content (AvgIpc) is 2.81. The summed E-state index contributed by atoms with van der Waals surface area (Å²) in [5, 5.41) is 5.89. The van der Waals surface area contributed by atoms with E-state index in [0.717, 1.165) is 23.9 Å². The van der Waals surface area contributed by atoms with Crippen molar-refractivity contribution in [2.45, 2.75) is 44.7 Å². The normalized spacial score (nSPS) is 15.9. The SMILES string of the molecule is Cn1c(=O)oc2ccc(CNC(=O)NC3CCCCC3)cc21. The summed E-state index contributed by atoms with van der Waals surface area (Å²) in [5.41, 5.74) is 2.22. The smallest absolute Gasteiger partial charge is 0.408 e. The highest BCUT2D eigenvalue weighted by Crippen LogP contribution is 2.17. The van der Waals surface area contributed by atoms with Crippen LogP contribution >= 0.6 is 0 Å². The van der Waals surface area contributed by atoms with E-state index in [4.69, 9.17) is 4.42 Å². The summed E-state index contributed by atoms with van der Waals surface area (Å²) in [6, 6.07) is 5.64. The second kappa shape index (κ2) is 6.25. The van der Waals surface area contributed by atoms with Gasteiger partial charge in [0.2, 0.25) is 0 Å². The second-order valence-corrected chi connectivity index (χ2v) is 5.89. The molecule has 0 saturated heterocycles. The van der Waals surface area contributed by atoms with Crippen LogP contribution in [0, 0.1) is 0 Å². The van der Waals surface area contributed by atoms with Crippen LogP contribution in [0.4, 0.5) is 4.79 Å². The van der Waals surface area contributed by atoms with Crippen LogP contribution in [0.3, 0.4) is 0 Å². The Hall–Kier alpha value is -2.24. The predicted octanol–water partition coefficient (Wildman–Crippen LogP) is 2.26. The lowest BCUT2D eigenvalue weighted by Gasteiger charge is -2.22. The Morgan fingerprint density at radius 2 is 2.09 bits per heavy atom. The number of hydrogen-bond acceptors (Lipinski definition) is 3. The molecule has 1 saturated carbocycles. The van der Waals surface area contributed by atoms with Crippen LogP contribution in [0.2, 0.25) is 0 Å². The summed E-state index contributed by atoms with van der Waals surface area (Å²) in [4.78, 5) is 23.4. The molecule has 0 radical (unpaired) electrons. The molecule has 22 heavy (non-hydrogen) atoms. The number of rotatable bonds is 3. The molecule has 0 aliphatic heterocycles. The molecule has 1 heterocycles. The van der Waals surface area contributed by atoms with Crippen LogP contribution in [0.5, 0.6) is 0 Å². The van der Waals surface area contributed by atoms with Crippen molar-refractivity contribution >= 4 is 17.1 Å². The number of hydrogen-bond donors (Lipinski definition) is 2. The molecule has 2 amide bonds. The standard InChI is InChI=1S/C16H21N3O3/c1-19-13-9-11(7-8-14(13)22-16(19)21)10-17-15(20)18-12-5-3-2-4-6-12/h7-9,12H,2-6,10H2,1H3,(H2,17,18,20). The Morgan fingerprint density at radius 3 is 2.86 bits per heavy atom. The number of amides is 2. The van der Waals surface area contributed by atoms with Gasteiger partial charge in [-0.05, 0) is 30.5 Å². The Morgan fingerprint density at radius 1 is 1.32 bits per heavy atom.